The van der Waals surface area contributed by atoms with E-state index < -0.39 is 0 Å². The second-order valence-electron chi connectivity index (χ2n) is 4.87. The number of hydrogen-bond acceptors (Lipinski definition) is 3. The Morgan fingerprint density at radius 3 is 2.71 bits per heavy atom. The molecule has 0 fully saturated rings. The number of nitrogens with one attached hydrogen (secondary N) is 1. The van der Waals surface area contributed by atoms with Crippen LogP contribution in [0.5, 0.6) is 0 Å². The van der Waals surface area contributed by atoms with Crippen LogP contribution in [0.2, 0.25) is 0 Å². The molecule has 0 saturated heterocycles. The summed E-state index contributed by atoms with van der Waals surface area (Å²) < 4.78 is 1.05. The molecule has 4 nitrogen and oxygen atoms in total. The number of para-hydroxylation sites is 1. The van der Waals surface area contributed by atoms with Crippen LogP contribution in [0.15, 0.2) is 53.0 Å². The quantitative estimate of drug-likeness (QED) is 0.627. The molecule has 1 N–H and O–H groups in total. The van der Waals surface area contributed by atoms with E-state index in [2.05, 4.69) is 40.3 Å². The number of benzene rings is 2. The van der Waals surface area contributed by atoms with Gasteiger partial charge >= 0.3 is 0 Å². The van der Waals surface area contributed by atoms with E-state index in [1.165, 1.54) is 5.56 Å². The highest BCUT2D eigenvalue weighted by molar-refractivity contribution is 9.10. The average molecular weight is 349 g/mol. The Kier molecular flexibility index (Phi) is 5.47. The van der Waals surface area contributed by atoms with Gasteiger partial charge in [-0.15, -0.1) is 0 Å². The van der Waals surface area contributed by atoms with Gasteiger partial charge in [0.1, 0.15) is 0 Å². The summed E-state index contributed by atoms with van der Waals surface area (Å²) in [4.78, 5) is 10.6. The summed E-state index contributed by atoms with van der Waals surface area (Å²) in [7, 11) is 0. The van der Waals surface area contributed by atoms with E-state index in [9.17, 15) is 10.1 Å². The summed E-state index contributed by atoms with van der Waals surface area (Å²) in [5, 5.41) is 14.4. The van der Waals surface area contributed by atoms with Crippen LogP contribution in [-0.4, -0.2) is 11.5 Å². The summed E-state index contributed by atoms with van der Waals surface area (Å²) in [5.74, 6) is 0. The Morgan fingerprint density at radius 2 is 2.00 bits per heavy atom. The van der Waals surface area contributed by atoms with Crippen LogP contribution in [0.25, 0.3) is 0 Å². The third kappa shape index (κ3) is 4.37. The summed E-state index contributed by atoms with van der Waals surface area (Å²) >= 11 is 3.46. The first kappa shape index (κ1) is 15.7. The summed E-state index contributed by atoms with van der Waals surface area (Å²) in [6, 6.07) is 15.2. The van der Waals surface area contributed by atoms with Gasteiger partial charge < -0.3 is 5.32 Å². The molecular weight excluding hydrogens is 332 g/mol. The maximum absolute atomic E-state index is 11.0. The Balaban J connectivity index is 1.94. The van der Waals surface area contributed by atoms with E-state index in [1.807, 2.05) is 24.3 Å². The molecule has 0 aromatic heterocycles. The van der Waals surface area contributed by atoms with Gasteiger partial charge in [0, 0.05) is 22.1 Å². The largest absolute Gasteiger partial charge is 0.310 e. The topological polar surface area (TPSA) is 55.2 Å². The molecule has 0 aliphatic heterocycles. The van der Waals surface area contributed by atoms with Crippen molar-refractivity contribution in [2.24, 2.45) is 0 Å². The number of hydrogen-bond donors (Lipinski definition) is 1. The van der Waals surface area contributed by atoms with Crippen LogP contribution in [-0.2, 0) is 6.42 Å². The summed E-state index contributed by atoms with van der Waals surface area (Å²) in [6.45, 7) is 2.78. The van der Waals surface area contributed by atoms with Gasteiger partial charge in [-0.2, -0.15) is 0 Å². The molecule has 21 heavy (non-hydrogen) atoms. The van der Waals surface area contributed by atoms with Gasteiger partial charge in [-0.1, -0.05) is 46.3 Å². The lowest BCUT2D eigenvalue weighted by Gasteiger charge is -2.14. The SMILES string of the molecule is C[C@@H](NCCc1ccccc1[N+](=O)[O-])c1cccc(Br)c1. The van der Waals surface area contributed by atoms with Crippen LogP contribution < -0.4 is 5.32 Å². The van der Waals surface area contributed by atoms with Crippen LogP contribution in [0.4, 0.5) is 5.69 Å². The predicted octanol–water partition coefficient (Wildman–Crippen LogP) is 4.25. The monoisotopic (exact) mass is 348 g/mol. The van der Waals surface area contributed by atoms with Gasteiger partial charge in [-0.25, -0.2) is 0 Å². The molecule has 0 heterocycles. The minimum atomic E-state index is -0.326. The molecule has 0 unspecified atom stereocenters. The molecule has 110 valence electrons. The smallest absolute Gasteiger partial charge is 0.272 e. The van der Waals surface area contributed by atoms with Crippen molar-refractivity contribution in [3.8, 4) is 0 Å². The number of rotatable bonds is 6. The number of nitro benzene ring substituents is 1. The van der Waals surface area contributed by atoms with Crippen LogP contribution in [0, 0.1) is 10.1 Å². The highest BCUT2D eigenvalue weighted by Crippen LogP contribution is 2.20. The standard InChI is InChI=1S/C16H17BrN2O2/c1-12(14-6-4-7-15(17)11-14)18-10-9-13-5-2-3-8-16(13)19(20)21/h2-8,11-12,18H,9-10H2,1H3/t12-/m1/s1. The van der Waals surface area contributed by atoms with Crippen LogP contribution >= 0.6 is 15.9 Å². The molecule has 5 heteroatoms. The molecule has 0 aliphatic rings. The molecular formula is C16H17BrN2O2. The van der Waals surface area contributed by atoms with Gasteiger partial charge in [0.15, 0.2) is 0 Å². The second kappa shape index (κ2) is 7.33. The molecule has 0 radical (unpaired) electrons. The van der Waals surface area contributed by atoms with Crippen LogP contribution in [0.1, 0.15) is 24.1 Å². The average Bonchev–Trinajstić information content (AvgIpc) is 2.47. The van der Waals surface area contributed by atoms with Gasteiger partial charge in [0.2, 0.25) is 0 Å². The normalized spacial score (nSPS) is 12.1. The zero-order valence-corrected chi connectivity index (χ0v) is 13.3. The molecule has 1 atom stereocenters. The Labute approximate surface area is 132 Å². The maximum atomic E-state index is 11.0. The fraction of sp³-hybridized carbons (Fsp3) is 0.250. The minimum Gasteiger partial charge on any atom is -0.310 e. The van der Waals surface area contributed by atoms with E-state index in [0.717, 1.165) is 10.0 Å². The lowest BCUT2D eigenvalue weighted by molar-refractivity contribution is -0.385. The highest BCUT2D eigenvalue weighted by atomic mass is 79.9. The number of halogens is 1. The Hall–Kier alpha value is -1.72. The lowest BCUT2D eigenvalue weighted by Crippen LogP contribution is -2.21. The lowest BCUT2D eigenvalue weighted by atomic mass is 10.1. The molecule has 2 aromatic rings. The third-order valence-electron chi connectivity index (χ3n) is 3.38. The van der Waals surface area contributed by atoms with E-state index in [1.54, 1.807) is 12.1 Å². The van der Waals surface area contributed by atoms with Crippen molar-refractivity contribution in [1.82, 2.24) is 5.32 Å². The molecule has 2 rings (SSSR count). The van der Waals surface area contributed by atoms with E-state index >= 15 is 0 Å². The van der Waals surface area contributed by atoms with Crippen molar-refractivity contribution >= 4 is 21.6 Å². The molecule has 0 aliphatic carbocycles. The fourth-order valence-corrected chi connectivity index (χ4v) is 2.63. The van der Waals surface area contributed by atoms with Crippen molar-refractivity contribution in [2.75, 3.05) is 6.54 Å². The zero-order chi connectivity index (χ0) is 15.2. The highest BCUT2D eigenvalue weighted by Gasteiger charge is 2.12. The molecule has 0 bridgehead atoms. The number of nitrogens with zero attached hydrogens (tertiary/aromatic N) is 1. The van der Waals surface area contributed by atoms with Gasteiger partial charge in [-0.05, 0) is 37.6 Å². The van der Waals surface area contributed by atoms with Crippen molar-refractivity contribution in [3.05, 3.63) is 74.2 Å². The van der Waals surface area contributed by atoms with Gasteiger partial charge in [0.05, 0.1) is 4.92 Å². The minimum absolute atomic E-state index is 0.189. The van der Waals surface area contributed by atoms with Crippen molar-refractivity contribution in [3.63, 3.8) is 0 Å². The predicted molar refractivity (Wildman–Crippen MR) is 87.4 cm³/mol. The summed E-state index contributed by atoms with van der Waals surface area (Å²) in [5.41, 5.74) is 2.14. The van der Waals surface area contributed by atoms with Crippen molar-refractivity contribution in [2.45, 2.75) is 19.4 Å². The van der Waals surface area contributed by atoms with E-state index in [-0.39, 0.29) is 16.7 Å². The molecule has 0 amide bonds. The Bertz CT molecular complexity index is 631. The van der Waals surface area contributed by atoms with E-state index in [4.69, 9.17) is 0 Å². The zero-order valence-electron chi connectivity index (χ0n) is 11.8. The molecule has 2 aromatic carbocycles. The van der Waals surface area contributed by atoms with Gasteiger partial charge in [-0.3, -0.25) is 10.1 Å². The first-order valence-electron chi connectivity index (χ1n) is 6.79. The van der Waals surface area contributed by atoms with E-state index in [0.29, 0.717) is 13.0 Å². The molecule has 0 saturated carbocycles. The fourth-order valence-electron chi connectivity index (χ4n) is 2.22. The van der Waals surface area contributed by atoms with Crippen molar-refractivity contribution in [1.29, 1.82) is 0 Å². The first-order valence-corrected chi connectivity index (χ1v) is 7.58. The van der Waals surface area contributed by atoms with Crippen LogP contribution in [0.3, 0.4) is 0 Å². The Morgan fingerprint density at radius 1 is 1.24 bits per heavy atom. The maximum Gasteiger partial charge on any atom is 0.272 e. The second-order valence-corrected chi connectivity index (χ2v) is 5.78. The molecule has 0 spiro atoms. The van der Waals surface area contributed by atoms with Crippen molar-refractivity contribution < 1.29 is 4.92 Å². The summed E-state index contributed by atoms with van der Waals surface area (Å²) in [6.07, 6.45) is 0.634. The third-order valence-corrected chi connectivity index (χ3v) is 3.88. The first-order chi connectivity index (χ1) is 10.1. The number of nitro groups is 1. The van der Waals surface area contributed by atoms with Gasteiger partial charge in [0.25, 0.3) is 5.69 Å².